The van der Waals surface area contributed by atoms with E-state index in [9.17, 15) is 13.2 Å². The Morgan fingerprint density at radius 2 is 1.90 bits per heavy atom. The molecule has 1 aromatic heterocycles. The average molecular weight is 429 g/mol. The number of nitrogens with zero attached hydrogens (tertiary/aromatic N) is 1. The van der Waals surface area contributed by atoms with Gasteiger partial charge in [0.1, 0.15) is 5.58 Å². The number of carbonyl (C=O) groups is 1. The number of furan rings is 1. The molecule has 2 aliphatic rings. The Morgan fingerprint density at radius 1 is 1.13 bits per heavy atom. The van der Waals surface area contributed by atoms with Crippen LogP contribution in [-0.4, -0.2) is 49.5 Å². The highest BCUT2D eigenvalue weighted by Crippen LogP contribution is 2.28. The third-order valence-corrected chi connectivity index (χ3v) is 6.55. The summed E-state index contributed by atoms with van der Waals surface area (Å²) in [6, 6.07) is 13.8. The quantitative estimate of drug-likeness (QED) is 0.622. The highest BCUT2D eigenvalue weighted by molar-refractivity contribution is 7.85. The SMILES string of the molecule is Cc1ccc(S(=O)(=O)O)cc1.O=C(NC1CN2CCC1C2)c1ccc2occc2c1. The van der Waals surface area contributed by atoms with E-state index < -0.39 is 10.1 Å². The maximum atomic E-state index is 12.3. The molecule has 0 aliphatic carbocycles. The number of amides is 1. The van der Waals surface area contributed by atoms with Crippen LogP contribution in [0.5, 0.6) is 0 Å². The van der Waals surface area contributed by atoms with Gasteiger partial charge in [-0.05, 0) is 62.2 Å². The van der Waals surface area contributed by atoms with Crippen molar-refractivity contribution in [1.82, 2.24) is 10.2 Å². The second-order valence-corrected chi connectivity index (χ2v) is 9.27. The first-order chi connectivity index (χ1) is 14.3. The van der Waals surface area contributed by atoms with Gasteiger partial charge in [0.2, 0.25) is 0 Å². The van der Waals surface area contributed by atoms with Crippen LogP contribution in [0.15, 0.2) is 64.1 Å². The monoisotopic (exact) mass is 428 g/mol. The molecule has 5 rings (SSSR count). The van der Waals surface area contributed by atoms with Crippen LogP contribution in [0.2, 0.25) is 0 Å². The van der Waals surface area contributed by atoms with Crippen LogP contribution < -0.4 is 5.32 Å². The molecular weight excluding hydrogens is 404 g/mol. The molecule has 0 saturated carbocycles. The number of carbonyl (C=O) groups excluding carboxylic acids is 1. The zero-order valence-corrected chi connectivity index (χ0v) is 17.4. The fraction of sp³-hybridized carbons (Fsp3) is 0.318. The van der Waals surface area contributed by atoms with Crippen molar-refractivity contribution < 1.29 is 22.2 Å². The van der Waals surface area contributed by atoms with Crippen molar-refractivity contribution in [1.29, 1.82) is 0 Å². The van der Waals surface area contributed by atoms with Crippen LogP contribution in [0.3, 0.4) is 0 Å². The minimum absolute atomic E-state index is 0.0295. The standard InChI is InChI=1S/C15H16N2O2.C7H8O3S/c18-15(16-13-9-17-5-3-12(13)8-17)11-1-2-14-10(7-11)4-6-19-14;1-6-2-4-7(5-3-6)11(8,9)10/h1-2,4,6-7,12-13H,3,5,8-9H2,(H,16,18);2-5H,1H3,(H,8,9,10). The van der Waals surface area contributed by atoms with E-state index in [1.165, 1.54) is 25.1 Å². The molecular formula is C22H24N2O5S. The topological polar surface area (TPSA) is 99.8 Å². The Bertz CT molecular complexity index is 1150. The van der Waals surface area contributed by atoms with Crippen LogP contribution in [0.4, 0.5) is 0 Å². The van der Waals surface area contributed by atoms with E-state index in [4.69, 9.17) is 8.97 Å². The zero-order valence-electron chi connectivity index (χ0n) is 16.6. The fourth-order valence-electron chi connectivity index (χ4n) is 4.02. The lowest BCUT2D eigenvalue weighted by Gasteiger charge is -2.23. The molecule has 2 aliphatic heterocycles. The smallest absolute Gasteiger partial charge is 0.294 e. The summed E-state index contributed by atoms with van der Waals surface area (Å²) in [6.45, 7) is 5.18. The molecule has 2 saturated heterocycles. The van der Waals surface area contributed by atoms with Crippen molar-refractivity contribution in [2.75, 3.05) is 19.6 Å². The molecule has 158 valence electrons. The molecule has 3 atom stereocenters. The number of nitrogens with one attached hydrogen (secondary N) is 1. The lowest BCUT2D eigenvalue weighted by Crippen LogP contribution is -2.43. The molecule has 0 spiro atoms. The molecule has 3 unspecified atom stereocenters. The first kappa shape index (κ1) is 20.6. The molecule has 8 heteroatoms. The third kappa shape index (κ3) is 4.56. The van der Waals surface area contributed by atoms with Crippen LogP contribution in [0.1, 0.15) is 22.3 Å². The van der Waals surface area contributed by atoms with Crippen LogP contribution in [-0.2, 0) is 10.1 Å². The highest BCUT2D eigenvalue weighted by atomic mass is 32.2. The predicted molar refractivity (Wildman–Crippen MR) is 113 cm³/mol. The number of piperidine rings is 1. The van der Waals surface area contributed by atoms with Gasteiger partial charge < -0.3 is 14.6 Å². The second-order valence-electron chi connectivity index (χ2n) is 7.85. The molecule has 2 fully saturated rings. The van der Waals surface area contributed by atoms with Crippen molar-refractivity contribution in [2.45, 2.75) is 24.3 Å². The summed E-state index contributed by atoms with van der Waals surface area (Å²) in [5, 5.41) is 4.15. The van der Waals surface area contributed by atoms with E-state index in [1.807, 2.05) is 31.2 Å². The van der Waals surface area contributed by atoms with Crippen LogP contribution in [0, 0.1) is 12.8 Å². The Kier molecular flexibility index (Phi) is 5.64. The zero-order chi connectivity index (χ0) is 21.3. The van der Waals surface area contributed by atoms with E-state index >= 15 is 0 Å². The minimum Gasteiger partial charge on any atom is -0.464 e. The minimum atomic E-state index is -4.02. The van der Waals surface area contributed by atoms with E-state index in [1.54, 1.807) is 18.4 Å². The maximum Gasteiger partial charge on any atom is 0.294 e. The summed E-state index contributed by atoms with van der Waals surface area (Å²) in [5.74, 6) is 0.670. The van der Waals surface area contributed by atoms with Gasteiger partial charge in [-0.15, -0.1) is 0 Å². The Morgan fingerprint density at radius 3 is 2.53 bits per heavy atom. The number of fused-ring (bicyclic) bond motifs is 3. The number of rotatable bonds is 3. The van der Waals surface area contributed by atoms with Gasteiger partial charge >= 0.3 is 0 Å². The van der Waals surface area contributed by atoms with E-state index in [0.29, 0.717) is 17.5 Å². The van der Waals surface area contributed by atoms with E-state index in [2.05, 4.69) is 10.2 Å². The van der Waals surface area contributed by atoms with Gasteiger partial charge in [-0.2, -0.15) is 8.42 Å². The summed E-state index contributed by atoms with van der Waals surface area (Å²) < 4.78 is 34.8. The lowest BCUT2D eigenvalue weighted by molar-refractivity contribution is 0.0924. The van der Waals surface area contributed by atoms with Gasteiger partial charge in [-0.3, -0.25) is 9.35 Å². The summed E-state index contributed by atoms with van der Waals surface area (Å²) in [7, 11) is -4.02. The molecule has 2 aromatic carbocycles. The summed E-state index contributed by atoms with van der Waals surface area (Å²) in [4.78, 5) is 14.6. The van der Waals surface area contributed by atoms with E-state index in [-0.39, 0.29) is 10.8 Å². The molecule has 2 N–H and O–H groups in total. The lowest BCUT2D eigenvalue weighted by atomic mass is 9.99. The second kappa shape index (κ2) is 8.22. The molecule has 0 radical (unpaired) electrons. The first-order valence-corrected chi connectivity index (χ1v) is 11.3. The molecule has 3 heterocycles. The largest absolute Gasteiger partial charge is 0.464 e. The first-order valence-electron chi connectivity index (χ1n) is 9.84. The molecule has 7 nitrogen and oxygen atoms in total. The molecule has 2 bridgehead atoms. The fourth-order valence-corrected chi connectivity index (χ4v) is 4.50. The van der Waals surface area contributed by atoms with Crippen molar-refractivity contribution in [3.05, 3.63) is 65.9 Å². The number of hydrogen-bond donors (Lipinski definition) is 2. The maximum absolute atomic E-state index is 12.3. The highest BCUT2D eigenvalue weighted by Gasteiger charge is 2.38. The molecule has 1 amide bonds. The summed E-state index contributed by atoms with van der Waals surface area (Å²) in [6.07, 6.45) is 2.86. The summed E-state index contributed by atoms with van der Waals surface area (Å²) >= 11 is 0. The van der Waals surface area contributed by atoms with Crippen molar-refractivity contribution in [3.63, 3.8) is 0 Å². The van der Waals surface area contributed by atoms with Crippen molar-refractivity contribution >= 4 is 27.0 Å². The van der Waals surface area contributed by atoms with Gasteiger partial charge in [0, 0.05) is 30.1 Å². The van der Waals surface area contributed by atoms with Gasteiger partial charge in [-0.25, -0.2) is 0 Å². The van der Waals surface area contributed by atoms with Gasteiger partial charge in [0.05, 0.1) is 11.2 Å². The van der Waals surface area contributed by atoms with Gasteiger partial charge in [-0.1, -0.05) is 17.7 Å². The Labute approximate surface area is 175 Å². The van der Waals surface area contributed by atoms with Crippen molar-refractivity contribution in [3.8, 4) is 0 Å². The number of hydrogen-bond acceptors (Lipinski definition) is 5. The number of aryl methyl sites for hydroxylation is 1. The Hall–Kier alpha value is -2.68. The third-order valence-electron chi connectivity index (χ3n) is 5.68. The van der Waals surface area contributed by atoms with Gasteiger partial charge in [0.25, 0.3) is 16.0 Å². The molecule has 30 heavy (non-hydrogen) atoms. The van der Waals surface area contributed by atoms with Gasteiger partial charge in [0.15, 0.2) is 0 Å². The predicted octanol–water partition coefficient (Wildman–Crippen LogP) is 3.11. The summed E-state index contributed by atoms with van der Waals surface area (Å²) in [5.41, 5.74) is 2.49. The number of benzene rings is 2. The normalized spacial score (nSPS) is 22.5. The van der Waals surface area contributed by atoms with Crippen molar-refractivity contribution in [2.24, 2.45) is 5.92 Å². The Balaban J connectivity index is 0.000000170. The average Bonchev–Trinajstić information content (AvgIpc) is 3.44. The van der Waals surface area contributed by atoms with E-state index in [0.717, 1.165) is 29.6 Å². The van der Waals surface area contributed by atoms with Crippen LogP contribution in [0.25, 0.3) is 11.0 Å². The molecule has 3 aromatic rings. The van der Waals surface area contributed by atoms with Crippen LogP contribution >= 0.6 is 0 Å².